The molecular weight excluding hydrogens is 218 g/mol. The van der Waals surface area contributed by atoms with Gasteiger partial charge in [-0.05, 0) is 43.2 Å². The summed E-state index contributed by atoms with van der Waals surface area (Å²) in [5, 5.41) is 5.87. The van der Waals surface area contributed by atoms with Crippen LogP contribution in [0.2, 0.25) is 0 Å². The molecular formula is C13H21NOS. The summed E-state index contributed by atoms with van der Waals surface area (Å²) in [4.78, 5) is 1.49. The molecule has 2 nitrogen and oxygen atoms in total. The summed E-state index contributed by atoms with van der Waals surface area (Å²) in [5.74, 6) is 0.749. The standard InChI is InChI=1S/C13H21NOS/c1-2-7-14-13(12-4-3-10-16-12)11-5-8-15-9-6-11/h3-4,10-11,13-14H,2,5-9H2,1H3. The first-order chi connectivity index (χ1) is 7.92. The predicted octanol–water partition coefficient (Wildman–Crippen LogP) is 3.22. The summed E-state index contributed by atoms with van der Waals surface area (Å²) < 4.78 is 5.45. The van der Waals surface area contributed by atoms with E-state index in [-0.39, 0.29) is 0 Å². The van der Waals surface area contributed by atoms with Gasteiger partial charge >= 0.3 is 0 Å². The molecule has 1 aromatic rings. The minimum atomic E-state index is 0.545. The van der Waals surface area contributed by atoms with Gasteiger partial charge in [-0.25, -0.2) is 0 Å². The average Bonchev–Trinajstić information content (AvgIpc) is 2.85. The first-order valence-electron chi connectivity index (χ1n) is 6.26. The molecule has 90 valence electrons. The molecule has 0 bridgehead atoms. The SMILES string of the molecule is CCCNC(c1cccs1)C1CCOCC1. The van der Waals surface area contributed by atoms with Crippen LogP contribution in [0.4, 0.5) is 0 Å². The van der Waals surface area contributed by atoms with Crippen molar-refractivity contribution in [3.05, 3.63) is 22.4 Å². The molecule has 1 aromatic heterocycles. The Labute approximate surface area is 102 Å². The van der Waals surface area contributed by atoms with Crippen molar-refractivity contribution in [1.82, 2.24) is 5.32 Å². The van der Waals surface area contributed by atoms with Gasteiger partial charge in [0.05, 0.1) is 0 Å². The van der Waals surface area contributed by atoms with Crippen LogP contribution in [0.1, 0.15) is 37.1 Å². The number of nitrogens with one attached hydrogen (secondary N) is 1. The van der Waals surface area contributed by atoms with Crippen LogP contribution in [0.5, 0.6) is 0 Å². The Bertz CT molecular complexity index is 280. The van der Waals surface area contributed by atoms with Crippen LogP contribution in [0.25, 0.3) is 0 Å². The summed E-state index contributed by atoms with van der Waals surface area (Å²) in [7, 11) is 0. The molecule has 0 spiro atoms. The summed E-state index contributed by atoms with van der Waals surface area (Å²) in [6, 6.07) is 4.96. The van der Waals surface area contributed by atoms with E-state index < -0.39 is 0 Å². The fourth-order valence-corrected chi connectivity index (χ4v) is 3.21. The van der Waals surface area contributed by atoms with Gasteiger partial charge in [-0.15, -0.1) is 11.3 Å². The molecule has 0 aromatic carbocycles. The molecule has 0 amide bonds. The van der Waals surface area contributed by atoms with Gasteiger partial charge in [-0.1, -0.05) is 13.0 Å². The van der Waals surface area contributed by atoms with E-state index >= 15 is 0 Å². The maximum absolute atomic E-state index is 5.45. The van der Waals surface area contributed by atoms with Crippen LogP contribution in [-0.4, -0.2) is 19.8 Å². The van der Waals surface area contributed by atoms with Crippen molar-refractivity contribution in [1.29, 1.82) is 0 Å². The second-order valence-corrected chi connectivity index (χ2v) is 5.38. The lowest BCUT2D eigenvalue weighted by molar-refractivity contribution is 0.0540. The highest BCUT2D eigenvalue weighted by molar-refractivity contribution is 7.10. The molecule has 1 atom stereocenters. The molecule has 2 rings (SSSR count). The highest BCUT2D eigenvalue weighted by atomic mass is 32.1. The van der Waals surface area contributed by atoms with Crippen LogP contribution in [0.15, 0.2) is 17.5 Å². The molecule has 0 radical (unpaired) electrons. The molecule has 1 aliphatic heterocycles. The van der Waals surface area contributed by atoms with Gasteiger partial charge < -0.3 is 10.1 Å². The largest absolute Gasteiger partial charge is 0.381 e. The molecule has 3 heteroatoms. The zero-order valence-electron chi connectivity index (χ0n) is 9.95. The van der Waals surface area contributed by atoms with Crippen molar-refractivity contribution >= 4 is 11.3 Å². The van der Waals surface area contributed by atoms with Crippen molar-refractivity contribution in [3.8, 4) is 0 Å². The number of hydrogen-bond donors (Lipinski definition) is 1. The normalized spacial score (nSPS) is 19.8. The Hall–Kier alpha value is -0.380. The minimum absolute atomic E-state index is 0.545. The zero-order valence-corrected chi connectivity index (χ0v) is 10.8. The van der Waals surface area contributed by atoms with Crippen LogP contribution in [0, 0.1) is 5.92 Å². The molecule has 2 heterocycles. The molecule has 1 unspecified atom stereocenters. The van der Waals surface area contributed by atoms with Gasteiger partial charge in [-0.2, -0.15) is 0 Å². The first-order valence-corrected chi connectivity index (χ1v) is 7.14. The van der Waals surface area contributed by atoms with Gasteiger partial charge in [0, 0.05) is 24.1 Å². The van der Waals surface area contributed by atoms with Crippen LogP contribution >= 0.6 is 11.3 Å². The Morgan fingerprint density at radius 1 is 1.50 bits per heavy atom. The third-order valence-corrected chi connectivity index (χ3v) is 4.16. The molecule has 1 fully saturated rings. The van der Waals surface area contributed by atoms with E-state index in [0.29, 0.717) is 6.04 Å². The highest BCUT2D eigenvalue weighted by Crippen LogP contribution is 2.32. The minimum Gasteiger partial charge on any atom is -0.381 e. The van der Waals surface area contributed by atoms with Crippen molar-refractivity contribution in [2.45, 2.75) is 32.2 Å². The Kier molecular flexibility index (Phi) is 4.82. The fraction of sp³-hybridized carbons (Fsp3) is 0.692. The Morgan fingerprint density at radius 3 is 2.94 bits per heavy atom. The number of hydrogen-bond acceptors (Lipinski definition) is 3. The van der Waals surface area contributed by atoms with Gasteiger partial charge in [0.15, 0.2) is 0 Å². The Balaban J connectivity index is 2.01. The third kappa shape index (κ3) is 3.06. The van der Waals surface area contributed by atoms with Crippen LogP contribution < -0.4 is 5.32 Å². The second kappa shape index (κ2) is 6.38. The van der Waals surface area contributed by atoms with E-state index in [0.717, 1.165) is 25.7 Å². The number of ether oxygens (including phenoxy) is 1. The Morgan fingerprint density at radius 2 is 2.31 bits per heavy atom. The maximum atomic E-state index is 5.45. The van der Waals surface area contributed by atoms with Crippen molar-refractivity contribution in [2.24, 2.45) is 5.92 Å². The smallest absolute Gasteiger partial charge is 0.0469 e. The summed E-state index contributed by atoms with van der Waals surface area (Å²) in [6.45, 7) is 5.20. The van der Waals surface area contributed by atoms with E-state index in [1.807, 2.05) is 11.3 Å². The summed E-state index contributed by atoms with van der Waals surface area (Å²) in [5.41, 5.74) is 0. The van der Waals surface area contributed by atoms with E-state index in [9.17, 15) is 0 Å². The second-order valence-electron chi connectivity index (χ2n) is 4.40. The lowest BCUT2D eigenvalue weighted by Gasteiger charge is -2.30. The van der Waals surface area contributed by atoms with Crippen molar-refractivity contribution < 1.29 is 4.74 Å². The lowest BCUT2D eigenvalue weighted by atomic mass is 9.90. The molecule has 0 aliphatic carbocycles. The van der Waals surface area contributed by atoms with Gasteiger partial charge in [0.25, 0.3) is 0 Å². The van der Waals surface area contributed by atoms with Crippen LogP contribution in [-0.2, 0) is 4.74 Å². The topological polar surface area (TPSA) is 21.3 Å². The lowest BCUT2D eigenvalue weighted by Crippen LogP contribution is -2.32. The molecule has 1 aliphatic rings. The van der Waals surface area contributed by atoms with E-state index in [4.69, 9.17) is 4.74 Å². The van der Waals surface area contributed by atoms with Crippen LogP contribution in [0.3, 0.4) is 0 Å². The third-order valence-electron chi connectivity index (χ3n) is 3.20. The zero-order chi connectivity index (χ0) is 11.2. The first kappa shape index (κ1) is 12.1. The quantitative estimate of drug-likeness (QED) is 0.852. The monoisotopic (exact) mass is 239 g/mol. The van der Waals surface area contributed by atoms with Gasteiger partial charge in [0.2, 0.25) is 0 Å². The summed E-state index contributed by atoms with van der Waals surface area (Å²) in [6.07, 6.45) is 3.59. The fourth-order valence-electron chi connectivity index (χ4n) is 2.32. The highest BCUT2D eigenvalue weighted by Gasteiger charge is 2.25. The maximum Gasteiger partial charge on any atom is 0.0469 e. The predicted molar refractivity (Wildman–Crippen MR) is 68.9 cm³/mol. The molecule has 16 heavy (non-hydrogen) atoms. The van der Waals surface area contributed by atoms with Crippen molar-refractivity contribution in [3.63, 3.8) is 0 Å². The molecule has 1 saturated heterocycles. The van der Waals surface area contributed by atoms with E-state index in [2.05, 4.69) is 29.8 Å². The van der Waals surface area contributed by atoms with Gasteiger partial charge in [-0.3, -0.25) is 0 Å². The molecule has 1 N–H and O–H groups in total. The van der Waals surface area contributed by atoms with E-state index in [1.54, 1.807) is 0 Å². The number of rotatable bonds is 5. The number of thiophene rings is 1. The van der Waals surface area contributed by atoms with Gasteiger partial charge in [0.1, 0.15) is 0 Å². The summed E-state index contributed by atoms with van der Waals surface area (Å²) >= 11 is 1.87. The molecule has 0 saturated carbocycles. The average molecular weight is 239 g/mol. The van der Waals surface area contributed by atoms with E-state index in [1.165, 1.54) is 24.1 Å². The van der Waals surface area contributed by atoms with Crippen molar-refractivity contribution in [2.75, 3.05) is 19.8 Å².